The van der Waals surface area contributed by atoms with Gasteiger partial charge >= 0.3 is 0 Å². The number of benzene rings is 1. The van der Waals surface area contributed by atoms with Crippen molar-refractivity contribution in [2.75, 3.05) is 19.7 Å². The highest BCUT2D eigenvalue weighted by atomic mass is 16.5. The Balaban J connectivity index is 1.81. The van der Waals surface area contributed by atoms with Crippen LogP contribution in [-0.4, -0.2) is 30.4 Å². The molecule has 15 heavy (non-hydrogen) atoms. The Morgan fingerprint density at radius 2 is 2.27 bits per heavy atom. The molecule has 0 bridgehead atoms. The van der Waals surface area contributed by atoms with E-state index in [1.807, 2.05) is 6.07 Å². The molecule has 1 fully saturated rings. The summed E-state index contributed by atoms with van der Waals surface area (Å²) in [7, 11) is 0. The number of β-amino-alcohol motifs (C(OH)–C–C–N with tert-alkyl or cyclic N) is 1. The molecule has 2 aliphatic rings. The molecule has 0 unspecified atom stereocenters. The van der Waals surface area contributed by atoms with E-state index in [9.17, 15) is 5.11 Å². The zero-order valence-electron chi connectivity index (χ0n) is 8.62. The highest BCUT2D eigenvalue weighted by Gasteiger charge is 2.34. The second-order valence-corrected chi connectivity index (χ2v) is 4.55. The van der Waals surface area contributed by atoms with Gasteiger partial charge in [-0.3, -0.25) is 0 Å². The molecule has 1 aromatic carbocycles. The lowest BCUT2D eigenvalue weighted by molar-refractivity contribution is -0.00902. The Bertz CT molecular complexity index is 385. The van der Waals surface area contributed by atoms with Crippen molar-refractivity contribution in [3.63, 3.8) is 0 Å². The predicted molar refractivity (Wildman–Crippen MR) is 57.2 cm³/mol. The van der Waals surface area contributed by atoms with Gasteiger partial charge < -0.3 is 15.2 Å². The van der Waals surface area contributed by atoms with E-state index in [0.29, 0.717) is 13.1 Å². The maximum atomic E-state index is 10.0. The molecule has 3 heteroatoms. The van der Waals surface area contributed by atoms with Gasteiger partial charge in [0, 0.05) is 25.9 Å². The van der Waals surface area contributed by atoms with Gasteiger partial charge in [0.2, 0.25) is 0 Å². The van der Waals surface area contributed by atoms with Crippen LogP contribution in [0.2, 0.25) is 0 Å². The maximum absolute atomic E-state index is 10.0. The van der Waals surface area contributed by atoms with Crippen LogP contribution in [0.25, 0.3) is 0 Å². The number of ether oxygens (including phenoxy) is 1. The number of nitrogens with one attached hydrogen (secondary N) is 1. The first kappa shape index (κ1) is 9.19. The van der Waals surface area contributed by atoms with Crippen LogP contribution in [0.15, 0.2) is 18.2 Å². The second kappa shape index (κ2) is 3.22. The molecule has 2 heterocycles. The van der Waals surface area contributed by atoms with Gasteiger partial charge in [0.1, 0.15) is 5.75 Å². The molecule has 1 saturated heterocycles. The summed E-state index contributed by atoms with van der Waals surface area (Å²) in [6.07, 6.45) is 1.74. The Labute approximate surface area is 89.1 Å². The van der Waals surface area contributed by atoms with Gasteiger partial charge in [-0.1, -0.05) is 12.1 Å². The van der Waals surface area contributed by atoms with E-state index in [2.05, 4.69) is 17.4 Å². The van der Waals surface area contributed by atoms with Crippen LogP contribution in [0.5, 0.6) is 5.75 Å². The molecule has 3 nitrogen and oxygen atoms in total. The third kappa shape index (κ3) is 1.62. The number of hydrogen-bond acceptors (Lipinski definition) is 3. The first-order valence-corrected chi connectivity index (χ1v) is 5.43. The number of fused-ring (bicyclic) bond motifs is 1. The molecule has 0 amide bonds. The van der Waals surface area contributed by atoms with Crippen molar-refractivity contribution in [1.29, 1.82) is 0 Å². The quantitative estimate of drug-likeness (QED) is 0.738. The second-order valence-electron chi connectivity index (χ2n) is 4.55. The third-order valence-electron chi connectivity index (χ3n) is 3.20. The molecular weight excluding hydrogens is 190 g/mol. The highest BCUT2D eigenvalue weighted by Crippen LogP contribution is 2.27. The van der Waals surface area contributed by atoms with Gasteiger partial charge in [0.05, 0.1) is 12.2 Å². The molecule has 0 aliphatic carbocycles. The number of aliphatic hydroxyl groups is 1. The van der Waals surface area contributed by atoms with E-state index in [0.717, 1.165) is 25.2 Å². The van der Waals surface area contributed by atoms with E-state index >= 15 is 0 Å². The third-order valence-corrected chi connectivity index (χ3v) is 3.20. The smallest absolute Gasteiger partial charge is 0.122 e. The molecule has 2 aliphatic heterocycles. The summed E-state index contributed by atoms with van der Waals surface area (Å²) in [5.74, 6) is 1.01. The lowest BCUT2D eigenvalue weighted by Crippen LogP contribution is -2.60. The van der Waals surface area contributed by atoms with Crippen molar-refractivity contribution in [1.82, 2.24) is 5.32 Å². The van der Waals surface area contributed by atoms with Crippen LogP contribution in [0.4, 0.5) is 0 Å². The molecule has 80 valence electrons. The van der Waals surface area contributed by atoms with Gasteiger partial charge in [-0.2, -0.15) is 0 Å². The van der Waals surface area contributed by atoms with Crippen LogP contribution in [-0.2, 0) is 12.8 Å². The highest BCUT2D eigenvalue weighted by molar-refractivity contribution is 5.40. The summed E-state index contributed by atoms with van der Waals surface area (Å²) < 4.78 is 5.45. The Hall–Kier alpha value is -1.06. The fourth-order valence-electron chi connectivity index (χ4n) is 2.27. The Morgan fingerprint density at radius 3 is 3.00 bits per heavy atom. The van der Waals surface area contributed by atoms with E-state index in [1.54, 1.807) is 0 Å². The summed E-state index contributed by atoms with van der Waals surface area (Å²) in [6.45, 7) is 2.21. The SMILES string of the molecule is OC1(Cc2ccc3c(c2)CCO3)CNC1. The van der Waals surface area contributed by atoms with Crippen molar-refractivity contribution < 1.29 is 9.84 Å². The Morgan fingerprint density at radius 1 is 1.40 bits per heavy atom. The van der Waals surface area contributed by atoms with Crippen LogP contribution in [0, 0.1) is 0 Å². The standard InChI is InChI=1S/C12H15NO2/c14-12(7-13-8-12)6-9-1-2-11-10(5-9)3-4-15-11/h1-2,5,13-14H,3-4,6-8H2. The average molecular weight is 205 g/mol. The van der Waals surface area contributed by atoms with E-state index in [1.165, 1.54) is 11.1 Å². The van der Waals surface area contributed by atoms with Crippen molar-refractivity contribution in [2.24, 2.45) is 0 Å². The summed E-state index contributed by atoms with van der Waals surface area (Å²) in [5.41, 5.74) is 1.97. The van der Waals surface area contributed by atoms with Gasteiger partial charge in [-0.15, -0.1) is 0 Å². The van der Waals surface area contributed by atoms with Gasteiger partial charge in [-0.05, 0) is 17.2 Å². The number of rotatable bonds is 2. The minimum atomic E-state index is -0.520. The molecule has 2 N–H and O–H groups in total. The maximum Gasteiger partial charge on any atom is 0.122 e. The largest absolute Gasteiger partial charge is 0.493 e. The molecule has 3 rings (SSSR count). The summed E-state index contributed by atoms with van der Waals surface area (Å²) in [5, 5.41) is 13.1. The van der Waals surface area contributed by atoms with Crippen molar-refractivity contribution in [3.05, 3.63) is 29.3 Å². The van der Waals surface area contributed by atoms with Crippen LogP contribution >= 0.6 is 0 Å². The van der Waals surface area contributed by atoms with E-state index < -0.39 is 5.60 Å². The zero-order chi connectivity index (χ0) is 10.3. The van der Waals surface area contributed by atoms with Crippen molar-refractivity contribution >= 4 is 0 Å². The topological polar surface area (TPSA) is 41.5 Å². The minimum Gasteiger partial charge on any atom is -0.493 e. The summed E-state index contributed by atoms with van der Waals surface area (Å²) in [4.78, 5) is 0. The molecule has 0 aromatic heterocycles. The van der Waals surface area contributed by atoms with Crippen LogP contribution in [0.1, 0.15) is 11.1 Å². The molecule has 1 aromatic rings. The van der Waals surface area contributed by atoms with Gasteiger partial charge in [0.15, 0.2) is 0 Å². The molecule has 0 atom stereocenters. The fourth-order valence-corrected chi connectivity index (χ4v) is 2.27. The first-order chi connectivity index (χ1) is 7.25. The minimum absolute atomic E-state index is 0.520. The zero-order valence-corrected chi connectivity index (χ0v) is 8.62. The van der Waals surface area contributed by atoms with Crippen LogP contribution in [0.3, 0.4) is 0 Å². The Kier molecular flexibility index (Phi) is 1.97. The monoisotopic (exact) mass is 205 g/mol. The van der Waals surface area contributed by atoms with Gasteiger partial charge in [0.25, 0.3) is 0 Å². The lowest BCUT2D eigenvalue weighted by Gasteiger charge is -2.37. The van der Waals surface area contributed by atoms with Gasteiger partial charge in [-0.25, -0.2) is 0 Å². The average Bonchev–Trinajstić information content (AvgIpc) is 2.62. The lowest BCUT2D eigenvalue weighted by atomic mass is 9.88. The van der Waals surface area contributed by atoms with E-state index in [-0.39, 0.29) is 0 Å². The normalized spacial score (nSPS) is 21.7. The van der Waals surface area contributed by atoms with Crippen LogP contribution < -0.4 is 10.1 Å². The van der Waals surface area contributed by atoms with Crippen molar-refractivity contribution in [3.8, 4) is 5.75 Å². The summed E-state index contributed by atoms with van der Waals surface area (Å²) in [6, 6.07) is 6.24. The summed E-state index contributed by atoms with van der Waals surface area (Å²) >= 11 is 0. The molecule has 0 saturated carbocycles. The van der Waals surface area contributed by atoms with E-state index in [4.69, 9.17) is 4.74 Å². The molecule has 0 radical (unpaired) electrons. The van der Waals surface area contributed by atoms with Crippen molar-refractivity contribution in [2.45, 2.75) is 18.4 Å². The molecular formula is C12H15NO2. The predicted octanol–water partition coefficient (Wildman–Crippen LogP) is 0.498. The molecule has 0 spiro atoms. The first-order valence-electron chi connectivity index (χ1n) is 5.43. The fraction of sp³-hybridized carbons (Fsp3) is 0.500. The number of hydrogen-bond donors (Lipinski definition) is 2.